The van der Waals surface area contributed by atoms with Crippen molar-refractivity contribution in [2.75, 3.05) is 19.9 Å². The van der Waals surface area contributed by atoms with Gasteiger partial charge < -0.3 is 14.4 Å². The van der Waals surface area contributed by atoms with Gasteiger partial charge in [0.15, 0.2) is 6.73 Å². The third-order valence-electron chi connectivity index (χ3n) is 1.40. The van der Waals surface area contributed by atoms with Gasteiger partial charge in [0.1, 0.15) is 12.9 Å². The number of carbonyl (C=O) groups excluding carboxylic acids is 1. The van der Waals surface area contributed by atoms with Crippen LogP contribution in [0.1, 0.15) is 0 Å². The fourth-order valence-corrected chi connectivity index (χ4v) is 0.772. The summed E-state index contributed by atoms with van der Waals surface area (Å²) in [4.78, 5) is 12.5. The molecular formula is C8H11NO3. The molecule has 0 radical (unpaired) electrons. The Labute approximate surface area is 71.1 Å². The Morgan fingerprint density at radius 2 is 2.67 bits per heavy atom. The standard InChI is InChI=1S/C8H11NO3/c1-2-8(10)12-6-4-9-3-5-11-7-9/h2-3,5H,1,4,6-7H2. The van der Waals surface area contributed by atoms with Crippen molar-refractivity contribution in [2.45, 2.75) is 0 Å². The third-order valence-corrected chi connectivity index (χ3v) is 1.40. The van der Waals surface area contributed by atoms with E-state index in [0.29, 0.717) is 19.9 Å². The van der Waals surface area contributed by atoms with E-state index in [-0.39, 0.29) is 5.97 Å². The predicted octanol–water partition coefficient (Wildman–Crippen LogP) is 0.476. The lowest BCUT2D eigenvalue weighted by Crippen LogP contribution is -2.21. The zero-order valence-corrected chi connectivity index (χ0v) is 6.73. The first-order chi connectivity index (χ1) is 5.83. The van der Waals surface area contributed by atoms with Crippen molar-refractivity contribution in [1.29, 1.82) is 0 Å². The van der Waals surface area contributed by atoms with Gasteiger partial charge in [-0.3, -0.25) is 0 Å². The minimum absolute atomic E-state index is 0.360. The van der Waals surface area contributed by atoms with Crippen LogP contribution in [0, 0.1) is 0 Å². The number of ether oxygens (including phenoxy) is 2. The minimum atomic E-state index is -0.390. The Hall–Kier alpha value is -1.45. The molecule has 0 unspecified atom stereocenters. The fraction of sp³-hybridized carbons (Fsp3) is 0.375. The van der Waals surface area contributed by atoms with E-state index in [2.05, 4.69) is 6.58 Å². The second kappa shape index (κ2) is 4.43. The summed E-state index contributed by atoms with van der Waals surface area (Å²) in [6, 6.07) is 0. The lowest BCUT2D eigenvalue weighted by molar-refractivity contribution is -0.138. The highest BCUT2D eigenvalue weighted by molar-refractivity contribution is 5.81. The summed E-state index contributed by atoms with van der Waals surface area (Å²) in [6.07, 6.45) is 4.56. The number of nitrogens with zero attached hydrogens (tertiary/aromatic N) is 1. The molecule has 0 aliphatic carbocycles. The van der Waals surface area contributed by atoms with Crippen LogP contribution in [0.25, 0.3) is 0 Å². The van der Waals surface area contributed by atoms with Crippen LogP contribution < -0.4 is 0 Å². The van der Waals surface area contributed by atoms with Crippen LogP contribution in [0.5, 0.6) is 0 Å². The molecule has 0 bridgehead atoms. The lowest BCUT2D eigenvalue weighted by atomic mass is 10.6. The molecule has 0 atom stereocenters. The number of hydrogen-bond donors (Lipinski definition) is 0. The highest BCUT2D eigenvalue weighted by Crippen LogP contribution is 1.99. The van der Waals surface area contributed by atoms with E-state index in [1.165, 1.54) is 0 Å². The van der Waals surface area contributed by atoms with Gasteiger partial charge in [-0.05, 0) is 0 Å². The summed E-state index contributed by atoms with van der Waals surface area (Å²) in [6.45, 7) is 4.83. The van der Waals surface area contributed by atoms with Crippen molar-refractivity contribution in [3.05, 3.63) is 25.1 Å². The molecule has 66 valence electrons. The zero-order valence-electron chi connectivity index (χ0n) is 6.73. The molecule has 0 amide bonds. The fourth-order valence-electron chi connectivity index (χ4n) is 0.772. The Kier molecular flexibility index (Phi) is 3.19. The Morgan fingerprint density at radius 3 is 3.25 bits per heavy atom. The monoisotopic (exact) mass is 169 g/mol. The first-order valence-electron chi connectivity index (χ1n) is 3.64. The maximum absolute atomic E-state index is 10.6. The van der Waals surface area contributed by atoms with Crippen molar-refractivity contribution in [1.82, 2.24) is 4.90 Å². The van der Waals surface area contributed by atoms with E-state index in [9.17, 15) is 4.79 Å². The van der Waals surface area contributed by atoms with Crippen molar-refractivity contribution >= 4 is 5.97 Å². The van der Waals surface area contributed by atoms with Gasteiger partial charge in [-0.2, -0.15) is 0 Å². The summed E-state index contributed by atoms with van der Waals surface area (Å²) >= 11 is 0. The molecule has 0 fully saturated rings. The third kappa shape index (κ3) is 2.65. The van der Waals surface area contributed by atoms with Gasteiger partial charge in [-0.15, -0.1) is 0 Å². The topological polar surface area (TPSA) is 38.8 Å². The van der Waals surface area contributed by atoms with Crippen LogP contribution in [-0.4, -0.2) is 30.8 Å². The largest absolute Gasteiger partial charge is 0.479 e. The molecule has 0 N–H and O–H groups in total. The molecule has 0 aromatic rings. The molecule has 0 spiro atoms. The van der Waals surface area contributed by atoms with Crippen molar-refractivity contribution in [3.8, 4) is 0 Å². The van der Waals surface area contributed by atoms with Crippen molar-refractivity contribution in [3.63, 3.8) is 0 Å². The second-order valence-electron chi connectivity index (χ2n) is 2.26. The quantitative estimate of drug-likeness (QED) is 0.453. The van der Waals surface area contributed by atoms with E-state index >= 15 is 0 Å². The number of carbonyl (C=O) groups is 1. The van der Waals surface area contributed by atoms with Gasteiger partial charge in [0.2, 0.25) is 0 Å². The molecule has 1 aliphatic heterocycles. The second-order valence-corrected chi connectivity index (χ2v) is 2.26. The van der Waals surface area contributed by atoms with Crippen LogP contribution in [0.15, 0.2) is 25.1 Å². The molecule has 0 saturated carbocycles. The van der Waals surface area contributed by atoms with Gasteiger partial charge in [0, 0.05) is 12.3 Å². The molecule has 4 nitrogen and oxygen atoms in total. The normalized spacial score (nSPS) is 14.2. The minimum Gasteiger partial charge on any atom is -0.479 e. The molecule has 0 aromatic heterocycles. The lowest BCUT2D eigenvalue weighted by Gasteiger charge is -2.12. The number of rotatable bonds is 4. The van der Waals surface area contributed by atoms with E-state index in [0.717, 1.165) is 6.08 Å². The van der Waals surface area contributed by atoms with Crippen molar-refractivity contribution < 1.29 is 14.3 Å². The molecular weight excluding hydrogens is 158 g/mol. The molecule has 12 heavy (non-hydrogen) atoms. The molecule has 1 heterocycles. The Bertz CT molecular complexity index is 200. The number of hydrogen-bond acceptors (Lipinski definition) is 4. The average molecular weight is 169 g/mol. The van der Waals surface area contributed by atoms with E-state index < -0.39 is 0 Å². The predicted molar refractivity (Wildman–Crippen MR) is 43.0 cm³/mol. The summed E-state index contributed by atoms with van der Waals surface area (Å²) in [7, 11) is 0. The van der Waals surface area contributed by atoms with Crippen molar-refractivity contribution in [2.24, 2.45) is 0 Å². The van der Waals surface area contributed by atoms with E-state index in [1.54, 1.807) is 6.26 Å². The van der Waals surface area contributed by atoms with E-state index in [1.807, 2.05) is 11.1 Å². The highest BCUT2D eigenvalue weighted by atomic mass is 16.5. The molecule has 1 aliphatic rings. The van der Waals surface area contributed by atoms with Gasteiger partial charge in [0.25, 0.3) is 0 Å². The van der Waals surface area contributed by atoms with E-state index in [4.69, 9.17) is 9.47 Å². The smallest absolute Gasteiger partial charge is 0.330 e. The van der Waals surface area contributed by atoms with Crippen LogP contribution in [0.4, 0.5) is 0 Å². The van der Waals surface area contributed by atoms with Crippen LogP contribution in [0.3, 0.4) is 0 Å². The van der Waals surface area contributed by atoms with Crippen LogP contribution in [0.2, 0.25) is 0 Å². The summed E-state index contributed by atoms with van der Waals surface area (Å²) in [5.41, 5.74) is 0. The maximum Gasteiger partial charge on any atom is 0.330 e. The summed E-state index contributed by atoms with van der Waals surface area (Å²) in [5.74, 6) is -0.390. The highest BCUT2D eigenvalue weighted by Gasteiger charge is 2.04. The van der Waals surface area contributed by atoms with Gasteiger partial charge in [-0.25, -0.2) is 4.79 Å². The molecule has 4 heteroatoms. The van der Waals surface area contributed by atoms with Crippen LogP contribution in [-0.2, 0) is 14.3 Å². The Balaban J connectivity index is 2.05. The zero-order chi connectivity index (χ0) is 8.81. The average Bonchev–Trinajstić information content (AvgIpc) is 2.57. The summed E-state index contributed by atoms with van der Waals surface area (Å²) < 4.78 is 9.69. The molecule has 0 saturated heterocycles. The first-order valence-corrected chi connectivity index (χ1v) is 3.64. The van der Waals surface area contributed by atoms with Gasteiger partial charge in [0.05, 0.1) is 6.54 Å². The number of esters is 1. The SMILES string of the molecule is C=CC(=O)OCCN1C=COC1. The molecule has 1 rings (SSSR count). The van der Waals surface area contributed by atoms with Crippen LogP contribution >= 0.6 is 0 Å². The molecule has 0 aromatic carbocycles. The maximum atomic E-state index is 10.6. The Morgan fingerprint density at radius 1 is 1.83 bits per heavy atom. The van der Waals surface area contributed by atoms with Gasteiger partial charge in [-0.1, -0.05) is 6.58 Å². The first kappa shape index (κ1) is 8.64. The van der Waals surface area contributed by atoms with Gasteiger partial charge >= 0.3 is 5.97 Å². The summed E-state index contributed by atoms with van der Waals surface area (Å²) in [5, 5.41) is 0.